The normalized spacial score (nSPS) is 17.7. The average Bonchev–Trinajstić information content (AvgIpc) is 2.78. The molecule has 22 heavy (non-hydrogen) atoms. The van der Waals surface area contributed by atoms with Gasteiger partial charge in [0.2, 0.25) is 0 Å². The van der Waals surface area contributed by atoms with Crippen molar-refractivity contribution in [3.63, 3.8) is 0 Å². The third-order valence-electron chi connectivity index (χ3n) is 3.95. The highest BCUT2D eigenvalue weighted by atomic mass is 16.6. The summed E-state index contributed by atoms with van der Waals surface area (Å²) in [5, 5.41) is 8.28. The van der Waals surface area contributed by atoms with Crippen molar-refractivity contribution in [2.45, 2.75) is 26.5 Å². The molecule has 1 heterocycles. The molecule has 0 bridgehead atoms. The van der Waals surface area contributed by atoms with Gasteiger partial charge in [-0.3, -0.25) is 10.3 Å². The van der Waals surface area contributed by atoms with Crippen molar-refractivity contribution >= 4 is 11.9 Å². The van der Waals surface area contributed by atoms with E-state index in [9.17, 15) is 4.79 Å². The summed E-state index contributed by atoms with van der Waals surface area (Å²) in [5.41, 5.74) is 4.09. The average molecular weight is 294 g/mol. The van der Waals surface area contributed by atoms with Gasteiger partial charge in [0.25, 0.3) is 0 Å². The molecule has 1 aliphatic rings. The molecule has 2 aromatic rings. The van der Waals surface area contributed by atoms with E-state index in [1.54, 1.807) is 0 Å². The Morgan fingerprint density at radius 2 is 1.77 bits per heavy atom. The molecule has 4 heteroatoms. The molecule has 1 fully saturated rings. The summed E-state index contributed by atoms with van der Waals surface area (Å²) in [7, 11) is 0. The lowest BCUT2D eigenvalue weighted by Gasteiger charge is -2.15. The fourth-order valence-electron chi connectivity index (χ4n) is 2.53. The van der Waals surface area contributed by atoms with Crippen LogP contribution >= 0.6 is 0 Å². The van der Waals surface area contributed by atoms with Crippen LogP contribution in [0.3, 0.4) is 0 Å². The smallest absolute Gasteiger partial charge is 0.416 e. The molecule has 1 aliphatic heterocycles. The molecule has 112 valence electrons. The van der Waals surface area contributed by atoms with Gasteiger partial charge in [-0.15, -0.1) is 0 Å². The van der Waals surface area contributed by atoms with Gasteiger partial charge >= 0.3 is 6.09 Å². The van der Waals surface area contributed by atoms with E-state index in [1.807, 2.05) is 62.4 Å². The SMILES string of the molecule is Cc1ccc(C2OC(=O)N(Cc3ccccc3C)C2=N)cc1. The molecule has 3 rings (SSSR count). The number of amidine groups is 1. The fraction of sp³-hybridized carbons (Fsp3) is 0.222. The van der Waals surface area contributed by atoms with Gasteiger partial charge in [0.05, 0.1) is 6.54 Å². The van der Waals surface area contributed by atoms with E-state index < -0.39 is 12.2 Å². The zero-order chi connectivity index (χ0) is 15.7. The molecule has 0 aromatic heterocycles. The van der Waals surface area contributed by atoms with E-state index in [1.165, 1.54) is 4.90 Å². The fourth-order valence-corrected chi connectivity index (χ4v) is 2.53. The van der Waals surface area contributed by atoms with Gasteiger partial charge in [0, 0.05) is 5.56 Å². The molecule has 1 unspecified atom stereocenters. The standard InChI is InChI=1S/C18H18N2O2/c1-12-7-9-14(10-8-12)16-17(19)20(18(21)22-16)11-15-6-4-3-5-13(15)2/h3-10,16,19H,11H2,1-2H3. The van der Waals surface area contributed by atoms with E-state index in [2.05, 4.69) is 0 Å². The first-order chi connectivity index (χ1) is 10.6. The van der Waals surface area contributed by atoms with Gasteiger partial charge in [-0.25, -0.2) is 4.79 Å². The largest absolute Gasteiger partial charge is 0.433 e. The lowest BCUT2D eigenvalue weighted by Crippen LogP contribution is -2.28. The van der Waals surface area contributed by atoms with Crippen LogP contribution in [0.2, 0.25) is 0 Å². The maximum atomic E-state index is 12.1. The number of carbonyl (C=O) groups excluding carboxylic acids is 1. The van der Waals surface area contributed by atoms with Gasteiger partial charge in [-0.2, -0.15) is 0 Å². The summed E-state index contributed by atoms with van der Waals surface area (Å²) in [6.07, 6.45) is -1.07. The maximum Gasteiger partial charge on any atom is 0.416 e. The zero-order valence-electron chi connectivity index (χ0n) is 12.7. The highest BCUT2D eigenvalue weighted by Crippen LogP contribution is 2.29. The molecule has 2 aromatic carbocycles. The number of benzene rings is 2. The minimum Gasteiger partial charge on any atom is -0.433 e. The van der Waals surface area contributed by atoms with Crippen molar-refractivity contribution in [3.05, 3.63) is 70.8 Å². The molecule has 1 amide bonds. The van der Waals surface area contributed by atoms with Crippen LogP contribution in [0.4, 0.5) is 4.79 Å². The number of nitrogens with zero attached hydrogens (tertiary/aromatic N) is 1. The van der Waals surface area contributed by atoms with E-state index in [-0.39, 0.29) is 5.84 Å². The summed E-state index contributed by atoms with van der Waals surface area (Å²) in [4.78, 5) is 13.5. The molecular formula is C18H18N2O2. The number of nitrogens with one attached hydrogen (secondary N) is 1. The van der Waals surface area contributed by atoms with Crippen LogP contribution in [0.15, 0.2) is 48.5 Å². The minimum atomic E-state index is -0.614. The quantitative estimate of drug-likeness (QED) is 0.931. The number of hydrogen-bond donors (Lipinski definition) is 1. The Morgan fingerprint density at radius 3 is 2.45 bits per heavy atom. The van der Waals surface area contributed by atoms with Crippen LogP contribution in [0.5, 0.6) is 0 Å². The Labute approximate surface area is 129 Å². The highest BCUT2D eigenvalue weighted by Gasteiger charge is 2.38. The predicted molar refractivity (Wildman–Crippen MR) is 84.8 cm³/mol. The van der Waals surface area contributed by atoms with Crippen LogP contribution in [-0.2, 0) is 11.3 Å². The van der Waals surface area contributed by atoms with Crippen molar-refractivity contribution in [1.82, 2.24) is 4.90 Å². The van der Waals surface area contributed by atoms with Gasteiger partial charge in [-0.1, -0.05) is 54.1 Å². The van der Waals surface area contributed by atoms with Gasteiger partial charge in [-0.05, 0) is 25.0 Å². The van der Waals surface area contributed by atoms with E-state index in [4.69, 9.17) is 10.1 Å². The minimum absolute atomic E-state index is 0.192. The van der Waals surface area contributed by atoms with E-state index >= 15 is 0 Å². The summed E-state index contributed by atoms with van der Waals surface area (Å²) in [5.74, 6) is 0.192. The summed E-state index contributed by atoms with van der Waals surface area (Å²) in [6.45, 7) is 4.37. The second-order valence-electron chi connectivity index (χ2n) is 5.57. The molecule has 0 saturated carbocycles. The second kappa shape index (κ2) is 5.64. The van der Waals surface area contributed by atoms with Crippen molar-refractivity contribution in [3.8, 4) is 0 Å². The monoisotopic (exact) mass is 294 g/mol. The molecule has 0 aliphatic carbocycles. The van der Waals surface area contributed by atoms with Crippen LogP contribution in [0, 0.1) is 19.3 Å². The van der Waals surface area contributed by atoms with E-state index in [0.29, 0.717) is 6.54 Å². The van der Waals surface area contributed by atoms with Crippen LogP contribution in [-0.4, -0.2) is 16.8 Å². The first-order valence-electron chi connectivity index (χ1n) is 7.24. The third-order valence-corrected chi connectivity index (χ3v) is 3.95. The molecule has 0 spiro atoms. The Kier molecular flexibility index (Phi) is 3.67. The first kappa shape index (κ1) is 14.3. The van der Waals surface area contributed by atoms with Gasteiger partial charge in [0.15, 0.2) is 11.9 Å². The number of carbonyl (C=O) groups is 1. The van der Waals surface area contributed by atoms with Crippen LogP contribution in [0.1, 0.15) is 28.4 Å². The lowest BCUT2D eigenvalue weighted by molar-refractivity contribution is 0.133. The van der Waals surface area contributed by atoms with E-state index in [0.717, 1.165) is 22.3 Å². The number of hydrogen-bond acceptors (Lipinski definition) is 3. The van der Waals surface area contributed by atoms with Crippen LogP contribution in [0.25, 0.3) is 0 Å². The molecule has 1 N–H and O–H groups in total. The number of amides is 1. The number of cyclic esters (lactones) is 1. The Balaban J connectivity index is 1.83. The maximum absolute atomic E-state index is 12.1. The molecule has 1 atom stereocenters. The summed E-state index contributed by atoms with van der Waals surface area (Å²) < 4.78 is 5.39. The Bertz CT molecular complexity index is 722. The van der Waals surface area contributed by atoms with Crippen molar-refractivity contribution < 1.29 is 9.53 Å². The Hall–Kier alpha value is -2.62. The van der Waals surface area contributed by atoms with Crippen LogP contribution < -0.4 is 0 Å². The molecule has 4 nitrogen and oxygen atoms in total. The number of ether oxygens (including phenoxy) is 1. The number of rotatable bonds is 3. The third kappa shape index (κ3) is 2.60. The molecular weight excluding hydrogens is 276 g/mol. The van der Waals surface area contributed by atoms with Crippen molar-refractivity contribution in [1.29, 1.82) is 5.41 Å². The Morgan fingerprint density at radius 1 is 1.09 bits per heavy atom. The predicted octanol–water partition coefficient (Wildman–Crippen LogP) is 3.97. The molecule has 1 saturated heterocycles. The van der Waals surface area contributed by atoms with Crippen molar-refractivity contribution in [2.24, 2.45) is 0 Å². The first-order valence-corrected chi connectivity index (χ1v) is 7.24. The molecule has 0 radical (unpaired) electrons. The summed E-state index contributed by atoms with van der Waals surface area (Å²) in [6, 6.07) is 15.6. The lowest BCUT2D eigenvalue weighted by atomic mass is 10.1. The summed E-state index contributed by atoms with van der Waals surface area (Å²) >= 11 is 0. The number of aryl methyl sites for hydroxylation is 2. The second-order valence-corrected chi connectivity index (χ2v) is 5.57. The van der Waals surface area contributed by atoms with Crippen molar-refractivity contribution in [2.75, 3.05) is 0 Å². The highest BCUT2D eigenvalue weighted by molar-refractivity contribution is 6.02. The zero-order valence-corrected chi connectivity index (χ0v) is 12.7. The van der Waals surface area contributed by atoms with Gasteiger partial charge in [0.1, 0.15) is 0 Å². The van der Waals surface area contributed by atoms with Gasteiger partial charge < -0.3 is 4.74 Å². The topological polar surface area (TPSA) is 53.4 Å².